The van der Waals surface area contributed by atoms with E-state index in [0.717, 1.165) is 32.0 Å². The van der Waals surface area contributed by atoms with Gasteiger partial charge in [0.2, 0.25) is 0 Å². The fraction of sp³-hybridized carbons (Fsp3) is 1.00. The van der Waals surface area contributed by atoms with E-state index < -0.39 is 0 Å². The van der Waals surface area contributed by atoms with Crippen molar-refractivity contribution >= 4 is 0 Å². The molecule has 1 atom stereocenters. The van der Waals surface area contributed by atoms with E-state index in [-0.39, 0.29) is 12.1 Å². The van der Waals surface area contributed by atoms with Crippen molar-refractivity contribution in [3.05, 3.63) is 0 Å². The summed E-state index contributed by atoms with van der Waals surface area (Å²) in [4.78, 5) is 2.54. The molecule has 1 saturated carbocycles. The standard InChI is InChI=1S/C16H34N2O/c1-4-16(14-19,17-5-2)12-9-13-18(3)15-10-7-6-8-11-15/h15,17,19H,4-14H2,1-3H3. The minimum absolute atomic E-state index is 0.0534. The van der Waals surface area contributed by atoms with Gasteiger partial charge in [-0.15, -0.1) is 0 Å². The van der Waals surface area contributed by atoms with Gasteiger partial charge in [0.05, 0.1) is 6.61 Å². The third-order valence-electron chi connectivity index (χ3n) is 4.90. The lowest BCUT2D eigenvalue weighted by Crippen LogP contribution is -2.48. The van der Waals surface area contributed by atoms with Gasteiger partial charge in [0.15, 0.2) is 0 Å². The highest BCUT2D eigenvalue weighted by Crippen LogP contribution is 2.23. The molecule has 0 aromatic carbocycles. The van der Waals surface area contributed by atoms with E-state index in [1.165, 1.54) is 38.5 Å². The third kappa shape index (κ3) is 5.41. The number of hydrogen-bond acceptors (Lipinski definition) is 3. The molecule has 3 heteroatoms. The van der Waals surface area contributed by atoms with Crippen LogP contribution in [0.4, 0.5) is 0 Å². The van der Waals surface area contributed by atoms with Crippen molar-refractivity contribution in [3.8, 4) is 0 Å². The molecule has 0 amide bonds. The van der Waals surface area contributed by atoms with Gasteiger partial charge in [-0.1, -0.05) is 33.1 Å². The highest BCUT2D eigenvalue weighted by molar-refractivity contribution is 4.86. The van der Waals surface area contributed by atoms with Crippen LogP contribution in [-0.2, 0) is 0 Å². The van der Waals surface area contributed by atoms with Gasteiger partial charge in [0.1, 0.15) is 0 Å². The topological polar surface area (TPSA) is 35.5 Å². The third-order valence-corrected chi connectivity index (χ3v) is 4.90. The van der Waals surface area contributed by atoms with Crippen LogP contribution >= 0.6 is 0 Å². The zero-order valence-corrected chi connectivity index (χ0v) is 13.2. The first-order chi connectivity index (χ1) is 9.17. The molecular formula is C16H34N2O. The van der Waals surface area contributed by atoms with Crippen molar-refractivity contribution in [1.82, 2.24) is 10.2 Å². The zero-order valence-electron chi connectivity index (χ0n) is 13.2. The van der Waals surface area contributed by atoms with Gasteiger partial charge < -0.3 is 15.3 Å². The summed E-state index contributed by atoms with van der Waals surface area (Å²) in [5.41, 5.74) is -0.0534. The number of likely N-dealkylation sites (N-methyl/N-ethyl adjacent to an activating group) is 1. The van der Waals surface area contributed by atoms with Crippen LogP contribution < -0.4 is 5.32 Å². The Balaban J connectivity index is 2.30. The number of nitrogens with zero attached hydrogens (tertiary/aromatic N) is 1. The molecule has 0 saturated heterocycles. The molecule has 1 rings (SSSR count). The summed E-state index contributed by atoms with van der Waals surface area (Å²) < 4.78 is 0. The quantitative estimate of drug-likeness (QED) is 0.676. The van der Waals surface area contributed by atoms with E-state index in [4.69, 9.17) is 0 Å². The van der Waals surface area contributed by atoms with E-state index in [2.05, 4.69) is 31.1 Å². The molecule has 0 heterocycles. The Bertz CT molecular complexity index is 223. The van der Waals surface area contributed by atoms with E-state index in [1.54, 1.807) is 0 Å². The monoisotopic (exact) mass is 270 g/mol. The lowest BCUT2D eigenvalue weighted by atomic mass is 9.90. The Morgan fingerprint density at radius 1 is 1.21 bits per heavy atom. The van der Waals surface area contributed by atoms with Crippen molar-refractivity contribution in [2.75, 3.05) is 26.7 Å². The molecule has 3 nitrogen and oxygen atoms in total. The maximum absolute atomic E-state index is 9.65. The maximum Gasteiger partial charge on any atom is 0.0613 e. The SMILES string of the molecule is CCNC(CC)(CO)CCCN(C)C1CCCCC1. The summed E-state index contributed by atoms with van der Waals surface area (Å²) in [5, 5.41) is 13.1. The molecule has 0 aromatic heterocycles. The fourth-order valence-electron chi connectivity index (χ4n) is 3.38. The van der Waals surface area contributed by atoms with Crippen LogP contribution in [0.25, 0.3) is 0 Å². The zero-order chi connectivity index (χ0) is 14.1. The highest BCUT2D eigenvalue weighted by Gasteiger charge is 2.26. The molecule has 1 unspecified atom stereocenters. The predicted molar refractivity (Wildman–Crippen MR) is 82.5 cm³/mol. The van der Waals surface area contributed by atoms with Crippen molar-refractivity contribution in [3.63, 3.8) is 0 Å². The summed E-state index contributed by atoms with van der Waals surface area (Å²) >= 11 is 0. The molecule has 2 N–H and O–H groups in total. The molecule has 0 bridgehead atoms. The highest BCUT2D eigenvalue weighted by atomic mass is 16.3. The van der Waals surface area contributed by atoms with Crippen molar-refractivity contribution in [1.29, 1.82) is 0 Å². The van der Waals surface area contributed by atoms with Gasteiger partial charge in [-0.05, 0) is 52.2 Å². The second-order valence-electron chi connectivity index (χ2n) is 6.20. The molecule has 1 aliphatic rings. The van der Waals surface area contributed by atoms with Crippen LogP contribution in [0.15, 0.2) is 0 Å². The van der Waals surface area contributed by atoms with Crippen molar-refractivity contribution in [2.24, 2.45) is 0 Å². The van der Waals surface area contributed by atoms with Gasteiger partial charge in [0, 0.05) is 11.6 Å². The number of rotatable bonds is 9. The van der Waals surface area contributed by atoms with Crippen LogP contribution in [0.1, 0.15) is 65.2 Å². The maximum atomic E-state index is 9.65. The first kappa shape index (κ1) is 16.9. The molecule has 0 aromatic rings. The second kappa shape index (κ2) is 8.93. The summed E-state index contributed by atoms with van der Waals surface area (Å²) in [5.74, 6) is 0. The molecule has 0 aliphatic heterocycles. The van der Waals surface area contributed by atoms with E-state index >= 15 is 0 Å². The second-order valence-corrected chi connectivity index (χ2v) is 6.20. The summed E-state index contributed by atoms with van der Waals surface area (Å²) in [6.07, 6.45) is 10.2. The number of hydrogen-bond donors (Lipinski definition) is 2. The minimum atomic E-state index is -0.0534. The fourth-order valence-corrected chi connectivity index (χ4v) is 3.38. The minimum Gasteiger partial charge on any atom is -0.394 e. The first-order valence-electron chi connectivity index (χ1n) is 8.23. The summed E-state index contributed by atoms with van der Waals surface area (Å²) in [7, 11) is 2.27. The lowest BCUT2D eigenvalue weighted by Gasteiger charge is -2.34. The Kier molecular flexibility index (Phi) is 7.96. The van der Waals surface area contributed by atoms with Gasteiger partial charge in [-0.25, -0.2) is 0 Å². The Morgan fingerprint density at radius 3 is 2.42 bits per heavy atom. The molecule has 19 heavy (non-hydrogen) atoms. The Morgan fingerprint density at radius 2 is 1.89 bits per heavy atom. The molecule has 114 valence electrons. The smallest absolute Gasteiger partial charge is 0.0613 e. The first-order valence-corrected chi connectivity index (χ1v) is 8.23. The number of aliphatic hydroxyl groups excluding tert-OH is 1. The Labute approximate surface area is 119 Å². The van der Waals surface area contributed by atoms with E-state index in [9.17, 15) is 5.11 Å². The lowest BCUT2D eigenvalue weighted by molar-refractivity contribution is 0.133. The summed E-state index contributed by atoms with van der Waals surface area (Å²) in [6, 6.07) is 0.804. The van der Waals surface area contributed by atoms with Crippen molar-refractivity contribution < 1.29 is 5.11 Å². The van der Waals surface area contributed by atoms with Crippen LogP contribution in [0.5, 0.6) is 0 Å². The number of aliphatic hydroxyl groups is 1. The van der Waals surface area contributed by atoms with Crippen LogP contribution in [0, 0.1) is 0 Å². The van der Waals surface area contributed by atoms with Gasteiger partial charge >= 0.3 is 0 Å². The van der Waals surface area contributed by atoms with Crippen LogP contribution in [0.2, 0.25) is 0 Å². The molecule has 0 radical (unpaired) electrons. The van der Waals surface area contributed by atoms with Gasteiger partial charge in [-0.3, -0.25) is 0 Å². The van der Waals surface area contributed by atoms with Gasteiger partial charge in [0.25, 0.3) is 0 Å². The normalized spacial score (nSPS) is 20.7. The average Bonchev–Trinajstić information content (AvgIpc) is 2.47. The number of nitrogens with one attached hydrogen (secondary N) is 1. The molecule has 1 fully saturated rings. The molecule has 0 spiro atoms. The average molecular weight is 270 g/mol. The largest absolute Gasteiger partial charge is 0.394 e. The van der Waals surface area contributed by atoms with Gasteiger partial charge in [-0.2, -0.15) is 0 Å². The predicted octanol–water partition coefficient (Wildman–Crippen LogP) is 2.78. The van der Waals surface area contributed by atoms with E-state index in [1.807, 2.05) is 0 Å². The molecule has 1 aliphatic carbocycles. The van der Waals surface area contributed by atoms with E-state index in [0.29, 0.717) is 0 Å². The van der Waals surface area contributed by atoms with Crippen LogP contribution in [0.3, 0.4) is 0 Å². The van der Waals surface area contributed by atoms with Crippen molar-refractivity contribution in [2.45, 2.75) is 76.8 Å². The Hall–Kier alpha value is -0.120. The summed E-state index contributed by atoms with van der Waals surface area (Å²) in [6.45, 7) is 6.65. The molecular weight excluding hydrogens is 236 g/mol. The van der Waals surface area contributed by atoms with Crippen LogP contribution in [-0.4, -0.2) is 48.3 Å².